The van der Waals surface area contributed by atoms with Gasteiger partial charge in [0.2, 0.25) is 0 Å². The van der Waals surface area contributed by atoms with E-state index in [1.165, 1.54) is 0 Å². The minimum absolute atomic E-state index is 0.0412. The average Bonchev–Trinajstić information content (AvgIpc) is 2.80. The van der Waals surface area contributed by atoms with Crippen LogP contribution in [0.4, 0.5) is 0 Å². The molecule has 0 saturated carbocycles. The number of nitrogens with zero attached hydrogens (tertiary/aromatic N) is 2. The predicted molar refractivity (Wildman–Crippen MR) is 83.3 cm³/mol. The molecule has 99 valence electrons. The maximum absolute atomic E-state index is 12.5. The molecule has 2 aromatic rings. The first-order chi connectivity index (χ1) is 10.2. The summed E-state index contributed by atoms with van der Waals surface area (Å²) in [7, 11) is 7.18. The number of fused-ring (bicyclic) bond motifs is 5. The van der Waals surface area contributed by atoms with E-state index in [0.717, 1.165) is 16.3 Å². The minimum Gasteiger partial charge on any atom is -0.508 e. The zero-order valence-corrected chi connectivity index (χ0v) is 11.3. The van der Waals surface area contributed by atoms with Crippen molar-refractivity contribution in [2.24, 2.45) is 4.99 Å². The second kappa shape index (κ2) is 4.38. The normalized spacial score (nSPS) is 20.2. The van der Waals surface area contributed by atoms with Crippen LogP contribution < -0.4 is 0 Å². The molecule has 0 bridgehead atoms. The summed E-state index contributed by atoms with van der Waals surface area (Å²) < 4.78 is 0. The lowest BCUT2D eigenvalue weighted by Crippen LogP contribution is -2.39. The third-order valence-corrected chi connectivity index (χ3v) is 4.12. The number of amidine groups is 1. The number of hydrogen-bond acceptors (Lipinski definition) is 3. The molecule has 21 heavy (non-hydrogen) atoms. The molecule has 0 unspecified atom stereocenters. The van der Waals surface area contributed by atoms with Crippen LogP contribution in [0.3, 0.4) is 0 Å². The molecule has 4 rings (SSSR count). The first-order valence-electron chi connectivity index (χ1n) is 6.86. The Bertz CT molecular complexity index is 804. The highest BCUT2D eigenvalue weighted by molar-refractivity contribution is 6.90. The van der Waals surface area contributed by atoms with Crippen LogP contribution in [-0.2, 0) is 0 Å². The summed E-state index contributed by atoms with van der Waals surface area (Å²) in [5.41, 5.74) is 1.47. The lowest BCUT2D eigenvalue weighted by atomic mass is 9.47. The van der Waals surface area contributed by atoms with Crippen molar-refractivity contribution >= 4 is 37.4 Å². The van der Waals surface area contributed by atoms with Crippen LogP contribution in [0.5, 0.6) is 5.75 Å². The number of hydrogen-bond donors (Lipinski definition) is 1. The van der Waals surface area contributed by atoms with Gasteiger partial charge in [0.15, 0.2) is 0 Å². The van der Waals surface area contributed by atoms with Crippen molar-refractivity contribution in [3.8, 4) is 5.75 Å². The molecule has 0 aliphatic carbocycles. The summed E-state index contributed by atoms with van der Waals surface area (Å²) in [6.45, 7) is 1.15. The SMILES string of the molecule is [B][B][C@H]1CN=C2c3c(ccc4ccc(O)cc34)C(=O)N2C1. The van der Waals surface area contributed by atoms with E-state index in [1.807, 2.05) is 18.2 Å². The van der Waals surface area contributed by atoms with Crippen molar-refractivity contribution in [2.45, 2.75) is 5.82 Å². The number of phenolic OH excluding ortho intramolecular Hbond substituents is 1. The van der Waals surface area contributed by atoms with E-state index in [0.29, 0.717) is 24.5 Å². The molecule has 1 N–H and O–H groups in total. The quantitative estimate of drug-likeness (QED) is 0.797. The molecule has 4 nitrogen and oxygen atoms in total. The Morgan fingerprint density at radius 1 is 1.33 bits per heavy atom. The number of phenols is 1. The Kier molecular flexibility index (Phi) is 2.61. The van der Waals surface area contributed by atoms with E-state index < -0.39 is 0 Å². The molecule has 0 fully saturated rings. The first-order valence-corrected chi connectivity index (χ1v) is 6.86. The molecule has 6 heteroatoms. The van der Waals surface area contributed by atoms with E-state index in [4.69, 9.17) is 7.74 Å². The Balaban J connectivity index is 1.97. The molecule has 0 spiro atoms. The third kappa shape index (κ3) is 1.71. The number of carbonyl (C=O) groups excluding carboxylic acids is 1. The van der Waals surface area contributed by atoms with Gasteiger partial charge in [-0.25, -0.2) is 0 Å². The second-order valence-corrected chi connectivity index (χ2v) is 5.43. The number of amides is 1. The monoisotopic (exact) mass is 273 g/mol. The van der Waals surface area contributed by atoms with Gasteiger partial charge in [-0.3, -0.25) is 14.7 Å². The van der Waals surface area contributed by atoms with Crippen LogP contribution in [0.2, 0.25) is 5.82 Å². The Hall–Kier alpha value is -2.23. The van der Waals surface area contributed by atoms with Crippen molar-refractivity contribution in [1.82, 2.24) is 4.90 Å². The van der Waals surface area contributed by atoms with E-state index in [9.17, 15) is 9.90 Å². The fraction of sp³-hybridized carbons (Fsp3) is 0.200. The van der Waals surface area contributed by atoms with Crippen molar-refractivity contribution in [1.29, 1.82) is 0 Å². The third-order valence-electron chi connectivity index (χ3n) is 4.12. The lowest BCUT2D eigenvalue weighted by molar-refractivity contribution is 0.0855. The van der Waals surface area contributed by atoms with Gasteiger partial charge >= 0.3 is 0 Å². The maximum Gasteiger partial charge on any atom is 0.260 e. The van der Waals surface area contributed by atoms with E-state index >= 15 is 0 Å². The van der Waals surface area contributed by atoms with Gasteiger partial charge in [-0.15, -0.1) is 0 Å². The Morgan fingerprint density at radius 3 is 2.95 bits per heavy atom. The summed E-state index contributed by atoms with van der Waals surface area (Å²) in [6, 6.07) is 8.91. The predicted octanol–water partition coefficient (Wildman–Crippen LogP) is 1.34. The molecule has 2 aliphatic heterocycles. The van der Waals surface area contributed by atoms with Gasteiger partial charge in [0.05, 0.1) is 12.7 Å². The van der Waals surface area contributed by atoms with Crippen LogP contribution in [0.25, 0.3) is 10.8 Å². The van der Waals surface area contributed by atoms with Crippen molar-refractivity contribution in [3.63, 3.8) is 0 Å². The zero-order valence-electron chi connectivity index (χ0n) is 11.3. The summed E-state index contributed by atoms with van der Waals surface area (Å²) in [5.74, 6) is 0.933. The van der Waals surface area contributed by atoms with Crippen LogP contribution in [0.1, 0.15) is 15.9 Å². The summed E-state index contributed by atoms with van der Waals surface area (Å²) in [4.78, 5) is 18.8. The summed E-state index contributed by atoms with van der Waals surface area (Å²) in [6.07, 6.45) is 0. The van der Waals surface area contributed by atoms with E-state index in [2.05, 4.69) is 4.99 Å². The number of carbonyl (C=O) groups is 1. The average molecular weight is 273 g/mol. The van der Waals surface area contributed by atoms with Gasteiger partial charge in [-0.05, 0) is 34.8 Å². The van der Waals surface area contributed by atoms with Crippen molar-refractivity contribution in [2.75, 3.05) is 13.1 Å². The highest BCUT2D eigenvalue weighted by atomic mass is 16.3. The van der Waals surface area contributed by atoms with Gasteiger partial charge in [0.1, 0.15) is 11.6 Å². The smallest absolute Gasteiger partial charge is 0.260 e. The number of aromatic hydroxyl groups is 1. The van der Waals surface area contributed by atoms with Crippen LogP contribution in [0.15, 0.2) is 35.3 Å². The van der Waals surface area contributed by atoms with Crippen LogP contribution in [-0.4, -0.2) is 49.7 Å². The highest BCUT2D eigenvalue weighted by Crippen LogP contribution is 2.34. The molecule has 0 saturated heterocycles. The van der Waals surface area contributed by atoms with Gasteiger partial charge in [0, 0.05) is 26.4 Å². The lowest BCUT2D eigenvalue weighted by Gasteiger charge is -2.27. The standard InChI is InChI=1S/C15H11B2N2O2/c16-17-9-6-18-14-13-11(15(21)19(14)7-9)4-2-8-1-3-10(20)5-12(8)13/h1-5,9,20H,6-7H2/t9-/m0/s1. The molecule has 0 aromatic heterocycles. The van der Waals surface area contributed by atoms with Crippen molar-refractivity contribution < 1.29 is 9.90 Å². The fourth-order valence-electron chi connectivity index (χ4n) is 3.05. The van der Waals surface area contributed by atoms with Gasteiger partial charge in [-0.1, -0.05) is 12.1 Å². The fourth-order valence-corrected chi connectivity index (χ4v) is 3.05. The van der Waals surface area contributed by atoms with Crippen molar-refractivity contribution in [3.05, 3.63) is 41.5 Å². The summed E-state index contributed by atoms with van der Waals surface area (Å²) >= 11 is 0. The second-order valence-electron chi connectivity index (χ2n) is 5.43. The first kappa shape index (κ1) is 12.5. The maximum atomic E-state index is 12.5. The molecular weight excluding hydrogens is 262 g/mol. The molecule has 3 radical (unpaired) electrons. The highest BCUT2D eigenvalue weighted by Gasteiger charge is 2.37. The molecule has 2 heterocycles. The Morgan fingerprint density at radius 2 is 2.14 bits per heavy atom. The minimum atomic E-state index is -0.0412. The number of benzene rings is 2. The molecule has 2 aliphatic rings. The largest absolute Gasteiger partial charge is 0.508 e. The summed E-state index contributed by atoms with van der Waals surface area (Å²) in [5, 5.41) is 11.6. The molecule has 1 amide bonds. The van der Waals surface area contributed by atoms with Crippen LogP contribution in [0, 0.1) is 0 Å². The van der Waals surface area contributed by atoms with E-state index in [1.54, 1.807) is 24.2 Å². The zero-order chi connectivity index (χ0) is 14.6. The topological polar surface area (TPSA) is 52.9 Å². The van der Waals surface area contributed by atoms with E-state index in [-0.39, 0.29) is 17.5 Å². The molecular formula is C15H11B2N2O2. The van der Waals surface area contributed by atoms with Gasteiger partial charge in [0.25, 0.3) is 5.91 Å². The molecule has 1 atom stereocenters. The number of rotatable bonds is 1. The van der Waals surface area contributed by atoms with Crippen LogP contribution >= 0.6 is 0 Å². The van der Waals surface area contributed by atoms with Gasteiger partial charge < -0.3 is 5.11 Å². The Labute approximate surface area is 124 Å². The molecule has 2 aromatic carbocycles. The van der Waals surface area contributed by atoms with Gasteiger partial charge in [-0.2, -0.15) is 0 Å². The number of aliphatic imine (C=N–C) groups is 1.